The molecule has 4 nitrogen and oxygen atoms in total. The number of rotatable bonds is 7. The number of amides is 2. The maximum absolute atomic E-state index is 12.2. The summed E-state index contributed by atoms with van der Waals surface area (Å²) in [6.45, 7) is 0.372. The average Bonchev–Trinajstić information content (AvgIpc) is 2.68. The SMILES string of the molecule is O=C(CNC(=O)Cc1cccc2ccccc12)NCCc1ccc(Cl)cc1Cl. The molecule has 0 saturated carbocycles. The van der Waals surface area contributed by atoms with E-state index in [1.165, 1.54) is 0 Å². The number of carbonyl (C=O) groups excluding carboxylic acids is 2. The third-order valence-electron chi connectivity index (χ3n) is 4.41. The lowest BCUT2D eigenvalue weighted by molar-refractivity contribution is -0.125. The van der Waals surface area contributed by atoms with Crippen LogP contribution in [0.25, 0.3) is 10.8 Å². The number of carbonyl (C=O) groups is 2. The Bertz CT molecular complexity index is 999. The molecule has 0 aliphatic heterocycles. The molecule has 3 aromatic carbocycles. The lowest BCUT2D eigenvalue weighted by Crippen LogP contribution is -2.38. The fourth-order valence-corrected chi connectivity index (χ4v) is 3.49. The molecule has 3 rings (SSSR count). The van der Waals surface area contributed by atoms with Gasteiger partial charge in [-0.1, -0.05) is 71.7 Å². The van der Waals surface area contributed by atoms with Crippen LogP contribution in [-0.2, 0) is 22.4 Å². The first-order chi connectivity index (χ1) is 13.5. The average molecular weight is 415 g/mol. The normalized spacial score (nSPS) is 10.6. The number of hydrogen-bond acceptors (Lipinski definition) is 2. The van der Waals surface area contributed by atoms with Gasteiger partial charge in [-0.3, -0.25) is 9.59 Å². The molecular weight excluding hydrogens is 395 g/mol. The zero-order valence-electron chi connectivity index (χ0n) is 15.2. The minimum absolute atomic E-state index is 0.0576. The molecule has 0 spiro atoms. The second kappa shape index (κ2) is 9.58. The van der Waals surface area contributed by atoms with E-state index in [0.717, 1.165) is 21.9 Å². The van der Waals surface area contributed by atoms with Crippen LogP contribution in [0, 0.1) is 0 Å². The summed E-state index contributed by atoms with van der Waals surface area (Å²) in [4.78, 5) is 24.2. The number of halogens is 2. The van der Waals surface area contributed by atoms with E-state index in [4.69, 9.17) is 23.2 Å². The van der Waals surface area contributed by atoms with Gasteiger partial charge in [0.2, 0.25) is 11.8 Å². The van der Waals surface area contributed by atoms with Gasteiger partial charge >= 0.3 is 0 Å². The zero-order valence-corrected chi connectivity index (χ0v) is 16.7. The second-order valence-electron chi connectivity index (χ2n) is 6.43. The van der Waals surface area contributed by atoms with Crippen LogP contribution < -0.4 is 10.6 Å². The van der Waals surface area contributed by atoms with Crippen molar-refractivity contribution < 1.29 is 9.59 Å². The summed E-state index contributed by atoms with van der Waals surface area (Å²) >= 11 is 12.0. The van der Waals surface area contributed by atoms with Gasteiger partial charge in [-0.2, -0.15) is 0 Å². The first-order valence-corrected chi connectivity index (χ1v) is 9.72. The molecular formula is C22H20Cl2N2O2. The summed E-state index contributed by atoms with van der Waals surface area (Å²) in [7, 11) is 0. The molecule has 2 N–H and O–H groups in total. The van der Waals surface area contributed by atoms with Crippen molar-refractivity contribution in [3.8, 4) is 0 Å². The molecule has 0 aromatic heterocycles. The van der Waals surface area contributed by atoms with Gasteiger partial charge in [-0.25, -0.2) is 0 Å². The summed E-state index contributed by atoms with van der Waals surface area (Å²) < 4.78 is 0. The predicted molar refractivity (Wildman–Crippen MR) is 114 cm³/mol. The molecule has 28 heavy (non-hydrogen) atoms. The van der Waals surface area contributed by atoms with Crippen LogP contribution in [0.3, 0.4) is 0 Å². The van der Waals surface area contributed by atoms with Gasteiger partial charge in [-0.15, -0.1) is 0 Å². The molecule has 2 amide bonds. The van der Waals surface area contributed by atoms with Crippen LogP contribution in [0.5, 0.6) is 0 Å². The minimum Gasteiger partial charge on any atom is -0.354 e. The number of benzene rings is 3. The van der Waals surface area contributed by atoms with Crippen LogP contribution in [0.4, 0.5) is 0 Å². The van der Waals surface area contributed by atoms with Crippen molar-refractivity contribution in [2.45, 2.75) is 12.8 Å². The van der Waals surface area contributed by atoms with E-state index < -0.39 is 0 Å². The summed E-state index contributed by atoms with van der Waals surface area (Å²) in [6.07, 6.45) is 0.820. The van der Waals surface area contributed by atoms with E-state index in [1.807, 2.05) is 48.5 Å². The molecule has 3 aromatic rings. The maximum atomic E-state index is 12.2. The quantitative estimate of drug-likeness (QED) is 0.609. The van der Waals surface area contributed by atoms with Gasteiger partial charge in [-0.05, 0) is 40.5 Å². The Labute approximate surface area is 173 Å². The van der Waals surface area contributed by atoms with Crippen LogP contribution >= 0.6 is 23.2 Å². The van der Waals surface area contributed by atoms with Crippen molar-refractivity contribution >= 4 is 45.8 Å². The van der Waals surface area contributed by atoms with Gasteiger partial charge < -0.3 is 10.6 Å². The molecule has 0 radical (unpaired) electrons. The molecule has 0 atom stereocenters. The summed E-state index contributed by atoms with van der Waals surface area (Å²) in [5, 5.41) is 8.73. The van der Waals surface area contributed by atoms with Crippen molar-refractivity contribution in [1.82, 2.24) is 10.6 Å². The molecule has 0 unspecified atom stereocenters. The van der Waals surface area contributed by atoms with Crippen molar-refractivity contribution in [2.24, 2.45) is 0 Å². The smallest absolute Gasteiger partial charge is 0.239 e. The van der Waals surface area contributed by atoms with Crippen molar-refractivity contribution in [3.63, 3.8) is 0 Å². The largest absolute Gasteiger partial charge is 0.354 e. The first-order valence-electron chi connectivity index (χ1n) is 8.97. The maximum Gasteiger partial charge on any atom is 0.239 e. The molecule has 0 fully saturated rings. The molecule has 144 valence electrons. The zero-order chi connectivity index (χ0) is 19.9. The Morgan fingerprint density at radius 2 is 1.61 bits per heavy atom. The van der Waals surface area contributed by atoms with Crippen molar-refractivity contribution in [1.29, 1.82) is 0 Å². The van der Waals surface area contributed by atoms with Gasteiger partial charge in [0.25, 0.3) is 0 Å². The van der Waals surface area contributed by atoms with Crippen molar-refractivity contribution in [2.75, 3.05) is 13.1 Å². The second-order valence-corrected chi connectivity index (χ2v) is 7.27. The summed E-state index contributed by atoms with van der Waals surface area (Å²) in [5.74, 6) is -0.427. The molecule has 6 heteroatoms. The van der Waals surface area contributed by atoms with E-state index in [2.05, 4.69) is 10.6 Å². The van der Waals surface area contributed by atoms with Gasteiger partial charge in [0, 0.05) is 16.6 Å². The number of nitrogens with one attached hydrogen (secondary N) is 2. The standard InChI is InChI=1S/C22H20Cl2N2O2/c23-18-9-8-16(20(24)13-18)10-11-25-22(28)14-26-21(27)12-17-6-3-5-15-4-1-2-7-19(15)17/h1-9,13H,10-12,14H2,(H,25,28)(H,26,27). The fraction of sp³-hybridized carbons (Fsp3) is 0.182. The van der Waals surface area contributed by atoms with Crippen LogP contribution in [0.1, 0.15) is 11.1 Å². The molecule has 0 heterocycles. The van der Waals surface area contributed by atoms with Gasteiger partial charge in [0.1, 0.15) is 0 Å². The Balaban J connectivity index is 1.44. The lowest BCUT2D eigenvalue weighted by atomic mass is 10.0. The highest BCUT2D eigenvalue weighted by molar-refractivity contribution is 6.35. The Morgan fingerprint density at radius 3 is 2.43 bits per heavy atom. The predicted octanol–water partition coefficient (Wildman–Crippen LogP) is 4.16. The Hall–Kier alpha value is -2.56. The third-order valence-corrected chi connectivity index (χ3v) is 5.00. The van der Waals surface area contributed by atoms with E-state index in [9.17, 15) is 9.59 Å². The van der Waals surface area contributed by atoms with Crippen LogP contribution in [0.15, 0.2) is 60.7 Å². The van der Waals surface area contributed by atoms with Gasteiger partial charge in [0.15, 0.2) is 0 Å². The number of hydrogen-bond donors (Lipinski definition) is 2. The molecule has 0 aliphatic carbocycles. The molecule has 0 saturated heterocycles. The fourth-order valence-electron chi connectivity index (χ4n) is 2.98. The lowest BCUT2D eigenvalue weighted by Gasteiger charge is -2.09. The minimum atomic E-state index is -0.239. The number of fused-ring (bicyclic) bond motifs is 1. The summed E-state index contributed by atoms with van der Waals surface area (Å²) in [6, 6.07) is 19.1. The Kier molecular flexibility index (Phi) is 6.90. The van der Waals surface area contributed by atoms with Crippen LogP contribution in [0.2, 0.25) is 10.0 Å². The monoisotopic (exact) mass is 414 g/mol. The van der Waals surface area contributed by atoms with Crippen molar-refractivity contribution in [3.05, 3.63) is 81.8 Å². The highest BCUT2D eigenvalue weighted by atomic mass is 35.5. The molecule has 0 bridgehead atoms. The van der Waals surface area contributed by atoms with Crippen LogP contribution in [-0.4, -0.2) is 24.9 Å². The Morgan fingerprint density at radius 1 is 0.821 bits per heavy atom. The van der Waals surface area contributed by atoms with E-state index >= 15 is 0 Å². The topological polar surface area (TPSA) is 58.2 Å². The highest BCUT2D eigenvalue weighted by Gasteiger charge is 2.09. The van der Waals surface area contributed by atoms with E-state index in [1.54, 1.807) is 12.1 Å². The molecule has 0 aliphatic rings. The first kappa shape index (κ1) is 20.2. The van der Waals surface area contributed by atoms with E-state index in [-0.39, 0.29) is 24.8 Å². The van der Waals surface area contributed by atoms with E-state index in [0.29, 0.717) is 23.0 Å². The van der Waals surface area contributed by atoms with Gasteiger partial charge in [0.05, 0.1) is 13.0 Å². The third kappa shape index (κ3) is 5.47. The highest BCUT2D eigenvalue weighted by Crippen LogP contribution is 2.21. The summed E-state index contributed by atoms with van der Waals surface area (Å²) in [5.41, 5.74) is 1.85.